The summed E-state index contributed by atoms with van der Waals surface area (Å²) in [7, 11) is 0. The van der Waals surface area contributed by atoms with Crippen LogP contribution in [0.5, 0.6) is 5.75 Å². The number of terminal acetylenes is 2. The Kier molecular flexibility index (Phi) is 19.8. The molecule has 2 heteroatoms. The number of benzene rings is 5. The van der Waals surface area contributed by atoms with Gasteiger partial charge in [-0.25, -0.2) is 0 Å². The maximum atomic E-state index is 5.88. The van der Waals surface area contributed by atoms with Gasteiger partial charge in [-0.05, 0) is 140 Å². The number of hydrogen-bond donors (Lipinski definition) is 0. The Balaban J connectivity index is 0.000000327. The van der Waals surface area contributed by atoms with Gasteiger partial charge >= 0.3 is 0 Å². The highest BCUT2D eigenvalue weighted by Gasteiger charge is 1.96. The Bertz CT molecular complexity index is 1890. The second-order valence-electron chi connectivity index (χ2n) is 12.5. The van der Waals surface area contributed by atoms with Crippen molar-refractivity contribution in [3.8, 4) is 54.1 Å². The van der Waals surface area contributed by atoms with Gasteiger partial charge in [0.1, 0.15) is 5.75 Å². The van der Waals surface area contributed by atoms with Gasteiger partial charge in [-0.15, -0.1) is 12.8 Å². The molecule has 0 aliphatic heterocycles. The lowest BCUT2D eigenvalue weighted by molar-refractivity contribution is 0.304. The summed E-state index contributed by atoms with van der Waals surface area (Å²) in [6.45, 7) is 7.23. The van der Waals surface area contributed by atoms with E-state index in [0.29, 0.717) is 0 Å². The first-order valence-electron chi connectivity index (χ1n) is 18.1. The predicted molar refractivity (Wildman–Crippen MR) is 230 cm³/mol. The summed E-state index contributed by atoms with van der Waals surface area (Å²) < 4.78 is 7.18. The first-order chi connectivity index (χ1) is 25.4. The summed E-state index contributed by atoms with van der Waals surface area (Å²) in [5.41, 5.74) is 8.28. The number of halogens is 1. The van der Waals surface area contributed by atoms with Crippen LogP contribution in [-0.4, -0.2) is 6.61 Å². The third kappa shape index (κ3) is 17.7. The molecule has 0 unspecified atom stereocenters. The van der Waals surface area contributed by atoms with Crippen LogP contribution in [0.1, 0.15) is 103 Å². The van der Waals surface area contributed by atoms with Crippen molar-refractivity contribution in [1.82, 2.24) is 0 Å². The standard InChI is InChI=1S/C33H36O.C10H6.C7H7I/c1-3-4-5-6-7-8-9-10-27-34-33-25-23-32(24-26-33)22-21-31-19-17-30(18-20-31)16-15-29-13-11-28(2)12-14-29;1-3-9-5-7-10(4-2)8-6-9;1-6-2-4-7(8)5-3-6/h11-14,17-20,23-26H,3-10,27H2,1-2H3;1-2,5-8H;2-5H,1H3. The second kappa shape index (κ2) is 24.9. The van der Waals surface area contributed by atoms with Crippen molar-refractivity contribution in [3.05, 3.63) is 169 Å². The van der Waals surface area contributed by atoms with E-state index in [1.807, 2.05) is 72.8 Å². The van der Waals surface area contributed by atoms with Crippen molar-refractivity contribution >= 4 is 22.6 Å². The van der Waals surface area contributed by atoms with E-state index in [4.69, 9.17) is 17.6 Å². The highest BCUT2D eigenvalue weighted by Crippen LogP contribution is 2.14. The van der Waals surface area contributed by atoms with Gasteiger partial charge < -0.3 is 4.74 Å². The molecule has 0 spiro atoms. The molecule has 0 aromatic heterocycles. The van der Waals surface area contributed by atoms with Crippen molar-refractivity contribution in [2.45, 2.75) is 72.1 Å². The van der Waals surface area contributed by atoms with Gasteiger partial charge in [0.25, 0.3) is 0 Å². The van der Waals surface area contributed by atoms with E-state index in [-0.39, 0.29) is 0 Å². The maximum absolute atomic E-state index is 5.88. The molecule has 0 fully saturated rings. The van der Waals surface area contributed by atoms with E-state index in [1.54, 1.807) is 0 Å². The lowest BCUT2D eigenvalue weighted by Gasteiger charge is -2.06. The van der Waals surface area contributed by atoms with Crippen LogP contribution < -0.4 is 4.74 Å². The number of unbranched alkanes of at least 4 members (excludes halogenated alkanes) is 7. The Morgan fingerprint density at radius 1 is 0.442 bits per heavy atom. The minimum atomic E-state index is 0.791. The zero-order valence-corrected chi connectivity index (χ0v) is 33.0. The van der Waals surface area contributed by atoms with E-state index >= 15 is 0 Å². The lowest BCUT2D eigenvalue weighted by Crippen LogP contribution is -1.97. The molecule has 5 aromatic rings. The highest BCUT2D eigenvalue weighted by atomic mass is 127. The largest absolute Gasteiger partial charge is 0.494 e. The SMILES string of the molecule is C#Cc1ccc(C#C)cc1.CCCCCCCCCCOc1ccc(C#Cc2ccc(C#Cc3ccc(C)cc3)cc2)cc1.Cc1ccc(I)cc1. The third-order valence-electron chi connectivity index (χ3n) is 7.99. The minimum Gasteiger partial charge on any atom is -0.494 e. The molecule has 5 rings (SSSR count). The van der Waals surface area contributed by atoms with Gasteiger partial charge in [-0.1, -0.05) is 123 Å². The first-order valence-corrected chi connectivity index (χ1v) is 19.2. The molecule has 0 radical (unpaired) electrons. The van der Waals surface area contributed by atoms with Gasteiger partial charge in [0, 0.05) is 37.0 Å². The number of aryl methyl sites for hydroxylation is 2. The van der Waals surface area contributed by atoms with Crippen molar-refractivity contribution in [2.75, 3.05) is 6.61 Å². The summed E-state index contributed by atoms with van der Waals surface area (Å²) in [5.74, 6) is 18.8. The average molecular weight is 793 g/mol. The molecule has 0 heterocycles. The molecule has 1 nitrogen and oxygen atoms in total. The first kappa shape index (κ1) is 41.3. The smallest absolute Gasteiger partial charge is 0.119 e. The van der Waals surface area contributed by atoms with Crippen LogP contribution in [0.2, 0.25) is 0 Å². The molecule has 5 aromatic carbocycles. The quantitative estimate of drug-likeness (QED) is 0.0778. The van der Waals surface area contributed by atoms with Crippen LogP contribution in [-0.2, 0) is 0 Å². The number of ether oxygens (including phenoxy) is 1. The number of hydrogen-bond acceptors (Lipinski definition) is 1. The van der Waals surface area contributed by atoms with Crippen LogP contribution in [0.4, 0.5) is 0 Å². The van der Waals surface area contributed by atoms with Crippen LogP contribution in [0.25, 0.3) is 0 Å². The second-order valence-corrected chi connectivity index (χ2v) is 13.7. The predicted octanol–water partition coefficient (Wildman–Crippen LogP) is 12.6. The topological polar surface area (TPSA) is 9.23 Å². The molecule has 0 aliphatic carbocycles. The van der Waals surface area contributed by atoms with E-state index in [0.717, 1.165) is 52.2 Å². The molecule has 0 atom stereocenters. The summed E-state index contributed by atoms with van der Waals surface area (Å²) in [5, 5.41) is 0. The fourth-order valence-electron chi connectivity index (χ4n) is 4.82. The Morgan fingerprint density at radius 3 is 1.15 bits per heavy atom. The average Bonchev–Trinajstić information content (AvgIpc) is 3.19. The molecule has 0 amide bonds. The third-order valence-corrected chi connectivity index (χ3v) is 8.71. The van der Waals surface area contributed by atoms with Crippen LogP contribution in [0.3, 0.4) is 0 Å². The molecule has 0 aliphatic rings. The van der Waals surface area contributed by atoms with Gasteiger partial charge in [0.05, 0.1) is 6.61 Å². The van der Waals surface area contributed by atoms with Crippen LogP contribution in [0, 0.1) is 65.8 Å². The summed E-state index contributed by atoms with van der Waals surface area (Å²) >= 11 is 2.30. The molecular formula is C50H49IO. The Labute approximate surface area is 327 Å². The fourth-order valence-corrected chi connectivity index (χ4v) is 5.18. The van der Waals surface area contributed by atoms with E-state index < -0.39 is 0 Å². The zero-order chi connectivity index (χ0) is 37.2. The lowest BCUT2D eigenvalue weighted by atomic mass is 10.1. The van der Waals surface area contributed by atoms with Gasteiger partial charge in [-0.2, -0.15) is 0 Å². The van der Waals surface area contributed by atoms with Crippen molar-refractivity contribution in [1.29, 1.82) is 0 Å². The Morgan fingerprint density at radius 2 is 0.769 bits per heavy atom. The van der Waals surface area contributed by atoms with Crippen molar-refractivity contribution < 1.29 is 4.74 Å². The molecule has 0 N–H and O–H groups in total. The molecular weight excluding hydrogens is 743 g/mol. The van der Waals surface area contributed by atoms with Crippen LogP contribution >= 0.6 is 22.6 Å². The highest BCUT2D eigenvalue weighted by molar-refractivity contribution is 14.1. The molecule has 0 saturated carbocycles. The molecule has 52 heavy (non-hydrogen) atoms. The van der Waals surface area contributed by atoms with Crippen molar-refractivity contribution in [2.24, 2.45) is 0 Å². The maximum Gasteiger partial charge on any atom is 0.119 e. The minimum absolute atomic E-state index is 0.791. The van der Waals surface area contributed by atoms with Crippen molar-refractivity contribution in [3.63, 3.8) is 0 Å². The molecule has 0 saturated heterocycles. The zero-order valence-electron chi connectivity index (χ0n) is 30.9. The van der Waals surface area contributed by atoms with E-state index in [9.17, 15) is 0 Å². The van der Waals surface area contributed by atoms with Gasteiger partial charge in [-0.3, -0.25) is 0 Å². The summed E-state index contributed by atoms with van der Waals surface area (Å²) in [6, 6.07) is 40.2. The fraction of sp³-hybridized carbons (Fsp3) is 0.240. The summed E-state index contributed by atoms with van der Waals surface area (Å²) in [6.07, 6.45) is 20.8. The monoisotopic (exact) mass is 792 g/mol. The Hall–Kier alpha value is -5.13. The molecule has 0 bridgehead atoms. The van der Waals surface area contributed by atoms with Crippen LogP contribution in [0.15, 0.2) is 121 Å². The normalized spacial score (nSPS) is 9.50. The summed E-state index contributed by atoms with van der Waals surface area (Å²) in [4.78, 5) is 0. The van der Waals surface area contributed by atoms with Gasteiger partial charge in [0.2, 0.25) is 0 Å². The van der Waals surface area contributed by atoms with Gasteiger partial charge in [0.15, 0.2) is 0 Å². The van der Waals surface area contributed by atoms with E-state index in [1.165, 1.54) is 59.6 Å². The molecule has 262 valence electrons. The number of rotatable bonds is 10. The van der Waals surface area contributed by atoms with E-state index in [2.05, 4.69) is 127 Å².